The second-order valence-corrected chi connectivity index (χ2v) is 10.8. The van der Waals surface area contributed by atoms with Crippen molar-refractivity contribution in [3.8, 4) is 0 Å². The van der Waals surface area contributed by atoms with Gasteiger partial charge in [-0.25, -0.2) is 0 Å². The van der Waals surface area contributed by atoms with Crippen LogP contribution in [0.5, 0.6) is 0 Å². The van der Waals surface area contributed by atoms with Crippen molar-refractivity contribution in [2.75, 3.05) is 31.1 Å². The molecule has 212 valence electrons. The third kappa shape index (κ3) is 6.99. The Balaban J connectivity index is 1.22. The number of rotatable bonds is 8. The summed E-state index contributed by atoms with van der Waals surface area (Å²) < 4.78 is 5.66. The van der Waals surface area contributed by atoms with E-state index in [-0.39, 0.29) is 30.7 Å². The first-order valence-electron chi connectivity index (χ1n) is 13.2. The molecular weight excluding hydrogens is 565 g/mol. The maximum absolute atomic E-state index is 13.3. The minimum atomic E-state index is -0.985. The zero-order chi connectivity index (χ0) is 28.9. The Morgan fingerprint density at radius 2 is 1.80 bits per heavy atom. The van der Waals surface area contributed by atoms with Crippen LogP contribution in [0.3, 0.4) is 0 Å². The molecule has 2 aromatic carbocycles. The van der Waals surface area contributed by atoms with E-state index in [1.54, 1.807) is 53.6 Å². The summed E-state index contributed by atoms with van der Waals surface area (Å²) in [4.78, 5) is 47.7. The van der Waals surface area contributed by atoms with Crippen LogP contribution in [0.25, 0.3) is 11.0 Å². The minimum Gasteiger partial charge on any atom is -0.451 e. The zero-order valence-electron chi connectivity index (χ0n) is 22.3. The van der Waals surface area contributed by atoms with E-state index < -0.39 is 17.9 Å². The summed E-state index contributed by atoms with van der Waals surface area (Å²) in [6.07, 6.45) is 1.75. The van der Waals surface area contributed by atoms with Crippen molar-refractivity contribution < 1.29 is 18.8 Å². The molecule has 0 bridgehead atoms. The number of nitrogens with one attached hydrogen (secondary N) is 2. The number of piperazine rings is 1. The van der Waals surface area contributed by atoms with Crippen LogP contribution in [0.2, 0.25) is 10.0 Å². The topological polar surface area (TPSA) is 108 Å². The molecule has 3 amide bonds. The van der Waals surface area contributed by atoms with Crippen LogP contribution in [-0.2, 0) is 16.0 Å². The first-order chi connectivity index (χ1) is 19.8. The van der Waals surface area contributed by atoms with Gasteiger partial charge in [-0.05, 0) is 67.6 Å². The van der Waals surface area contributed by atoms with Gasteiger partial charge in [0.1, 0.15) is 11.6 Å². The summed E-state index contributed by atoms with van der Waals surface area (Å²) in [7, 11) is 0. The Kier molecular flexibility index (Phi) is 8.75. The summed E-state index contributed by atoms with van der Waals surface area (Å²) >= 11 is 12.1. The van der Waals surface area contributed by atoms with Crippen molar-refractivity contribution in [3.63, 3.8) is 0 Å². The van der Waals surface area contributed by atoms with E-state index >= 15 is 0 Å². The van der Waals surface area contributed by atoms with Crippen LogP contribution in [0.1, 0.15) is 23.2 Å². The maximum Gasteiger partial charge on any atom is 0.287 e. The van der Waals surface area contributed by atoms with Crippen molar-refractivity contribution in [1.29, 1.82) is 0 Å². The smallest absolute Gasteiger partial charge is 0.287 e. The number of benzene rings is 2. The number of pyridine rings is 1. The van der Waals surface area contributed by atoms with E-state index in [1.807, 2.05) is 31.2 Å². The standard InChI is InChI=1S/C30H29Cl2N5O4/c1-19-18-36(24-8-5-21(31)6-9-24)12-13-37(19)28(38)17-34-29(39)25(16-23-4-2-3-11-33-23)35-30(40)27-15-20-14-22(32)7-10-26(20)41-27/h2-11,14-15,19,25H,12-13,16-18H2,1H3,(H,34,39)(H,35,40). The molecule has 2 atom stereocenters. The van der Waals surface area contributed by atoms with Crippen molar-refractivity contribution in [1.82, 2.24) is 20.5 Å². The number of aromatic nitrogens is 1. The van der Waals surface area contributed by atoms with Crippen LogP contribution in [-0.4, -0.2) is 65.9 Å². The zero-order valence-corrected chi connectivity index (χ0v) is 23.9. The van der Waals surface area contributed by atoms with Gasteiger partial charge in [0.25, 0.3) is 5.91 Å². The van der Waals surface area contributed by atoms with Crippen LogP contribution < -0.4 is 15.5 Å². The number of furan rings is 1. The van der Waals surface area contributed by atoms with E-state index in [2.05, 4.69) is 20.5 Å². The van der Waals surface area contributed by atoms with Crippen molar-refractivity contribution in [2.45, 2.75) is 25.4 Å². The molecule has 2 aromatic heterocycles. The van der Waals surface area contributed by atoms with Gasteiger partial charge in [0.05, 0.1) is 6.54 Å². The van der Waals surface area contributed by atoms with E-state index in [0.717, 1.165) is 5.69 Å². The molecule has 9 nitrogen and oxygen atoms in total. The number of carbonyl (C=O) groups is 3. The molecule has 1 saturated heterocycles. The van der Waals surface area contributed by atoms with E-state index in [1.165, 1.54) is 0 Å². The number of fused-ring (bicyclic) bond motifs is 1. The number of nitrogens with zero attached hydrogens (tertiary/aromatic N) is 3. The van der Waals surface area contributed by atoms with Gasteiger partial charge in [0.15, 0.2) is 5.76 Å². The minimum absolute atomic E-state index is 0.0459. The lowest BCUT2D eigenvalue weighted by molar-refractivity contribution is -0.135. The molecule has 5 rings (SSSR count). The quantitative estimate of drug-likeness (QED) is 0.315. The average molecular weight is 594 g/mol. The lowest BCUT2D eigenvalue weighted by Crippen LogP contribution is -2.57. The van der Waals surface area contributed by atoms with Crippen molar-refractivity contribution in [3.05, 3.63) is 94.4 Å². The van der Waals surface area contributed by atoms with Gasteiger partial charge >= 0.3 is 0 Å². The van der Waals surface area contributed by atoms with Gasteiger partial charge in [0, 0.05) is 65.1 Å². The molecule has 1 aliphatic heterocycles. The fourth-order valence-corrected chi connectivity index (χ4v) is 5.20. The SMILES string of the molecule is CC1CN(c2ccc(Cl)cc2)CCN1C(=O)CNC(=O)C(Cc1ccccn1)NC(=O)c1cc2cc(Cl)ccc2o1. The van der Waals surface area contributed by atoms with Crippen LogP contribution in [0.4, 0.5) is 5.69 Å². The number of carbonyl (C=O) groups excluding carboxylic acids is 3. The third-order valence-electron chi connectivity index (χ3n) is 7.02. The van der Waals surface area contributed by atoms with Crippen LogP contribution in [0.15, 0.2) is 77.3 Å². The summed E-state index contributed by atoms with van der Waals surface area (Å²) in [6.45, 7) is 3.62. The molecule has 2 unspecified atom stereocenters. The molecule has 1 aliphatic rings. The van der Waals surface area contributed by atoms with Crippen molar-refractivity contribution in [2.24, 2.45) is 0 Å². The summed E-state index contributed by atoms with van der Waals surface area (Å²) in [5.74, 6) is -1.21. The van der Waals surface area contributed by atoms with Gasteiger partial charge in [-0.15, -0.1) is 0 Å². The number of amides is 3. The molecule has 41 heavy (non-hydrogen) atoms. The number of hydrogen-bond donors (Lipinski definition) is 2. The van der Waals surface area contributed by atoms with E-state index in [0.29, 0.717) is 46.3 Å². The fourth-order valence-electron chi connectivity index (χ4n) is 4.89. The maximum atomic E-state index is 13.3. The average Bonchev–Trinajstić information content (AvgIpc) is 3.40. The molecule has 0 spiro atoms. The molecule has 4 aromatic rings. The van der Waals surface area contributed by atoms with Gasteiger partial charge in [0.2, 0.25) is 11.8 Å². The van der Waals surface area contributed by atoms with Gasteiger partial charge in [-0.1, -0.05) is 29.3 Å². The highest BCUT2D eigenvalue weighted by molar-refractivity contribution is 6.31. The molecule has 1 fully saturated rings. The number of hydrogen-bond acceptors (Lipinski definition) is 6. The molecule has 3 heterocycles. The first kappa shape index (κ1) is 28.4. The molecule has 0 saturated carbocycles. The van der Waals surface area contributed by atoms with Gasteiger partial charge < -0.3 is 24.9 Å². The van der Waals surface area contributed by atoms with Crippen molar-refractivity contribution >= 4 is 57.6 Å². The predicted octanol–water partition coefficient (Wildman–Crippen LogP) is 4.33. The highest BCUT2D eigenvalue weighted by atomic mass is 35.5. The Labute approximate surface area is 247 Å². The molecule has 2 N–H and O–H groups in total. The van der Waals surface area contributed by atoms with Crippen LogP contribution >= 0.6 is 23.2 Å². The van der Waals surface area contributed by atoms with E-state index in [4.69, 9.17) is 27.6 Å². The normalized spacial score (nSPS) is 15.9. The molecule has 0 aliphatic carbocycles. The monoisotopic (exact) mass is 593 g/mol. The lowest BCUT2D eigenvalue weighted by Gasteiger charge is -2.41. The first-order valence-corrected chi connectivity index (χ1v) is 14.0. The Morgan fingerprint density at radius 1 is 1.02 bits per heavy atom. The third-order valence-corrected chi connectivity index (χ3v) is 7.50. The van der Waals surface area contributed by atoms with Gasteiger partial charge in [-0.2, -0.15) is 0 Å². The Bertz CT molecular complexity index is 1540. The molecular formula is C30H29Cl2N5O4. The number of anilines is 1. The number of halogens is 2. The Morgan fingerprint density at radius 3 is 2.54 bits per heavy atom. The second-order valence-electron chi connectivity index (χ2n) is 9.92. The summed E-state index contributed by atoms with van der Waals surface area (Å²) in [5, 5.41) is 7.31. The second kappa shape index (κ2) is 12.6. The summed E-state index contributed by atoms with van der Waals surface area (Å²) in [6, 6.07) is 18.5. The van der Waals surface area contributed by atoms with E-state index in [9.17, 15) is 14.4 Å². The fraction of sp³-hybridized carbons (Fsp3) is 0.267. The molecule has 11 heteroatoms. The summed E-state index contributed by atoms with van der Waals surface area (Å²) in [5.41, 5.74) is 2.16. The largest absolute Gasteiger partial charge is 0.451 e. The van der Waals surface area contributed by atoms with Gasteiger partial charge in [-0.3, -0.25) is 19.4 Å². The molecule has 0 radical (unpaired) electrons. The highest BCUT2D eigenvalue weighted by Gasteiger charge is 2.29. The van der Waals surface area contributed by atoms with Crippen LogP contribution in [0, 0.1) is 0 Å². The predicted molar refractivity (Wildman–Crippen MR) is 158 cm³/mol. The Hall–Kier alpha value is -4.08. The lowest BCUT2D eigenvalue weighted by atomic mass is 10.1. The highest BCUT2D eigenvalue weighted by Crippen LogP contribution is 2.24.